The Balaban J connectivity index is 1.50. The van der Waals surface area contributed by atoms with E-state index in [1.54, 1.807) is 24.3 Å². The number of halogens is 1. The third-order valence-corrected chi connectivity index (χ3v) is 4.52. The van der Waals surface area contributed by atoms with E-state index in [2.05, 4.69) is 20.4 Å². The van der Waals surface area contributed by atoms with Gasteiger partial charge in [0.05, 0.1) is 24.5 Å². The average molecular weight is 378 g/mol. The monoisotopic (exact) mass is 378 g/mol. The molecular weight excluding hydrogens is 359 g/mol. The van der Waals surface area contributed by atoms with Crippen molar-refractivity contribution >= 4 is 17.4 Å². The summed E-state index contributed by atoms with van der Waals surface area (Å²) in [5.41, 5.74) is 2.07. The maximum Gasteiger partial charge on any atom is 0.258 e. The number of aromatic nitrogens is 2. The molecule has 6 nitrogen and oxygen atoms in total. The number of amides is 1. The zero-order valence-corrected chi connectivity index (χ0v) is 15.1. The topological polar surface area (TPSA) is 67.4 Å². The number of carbonyl (C=O) groups is 1. The van der Waals surface area contributed by atoms with Gasteiger partial charge in [-0.15, -0.1) is 10.2 Å². The molecule has 2 heterocycles. The summed E-state index contributed by atoms with van der Waals surface area (Å²) < 4.78 is 19.1. The first kappa shape index (κ1) is 18.1. The van der Waals surface area contributed by atoms with Crippen LogP contribution < -0.4 is 10.2 Å². The third kappa shape index (κ3) is 3.99. The molecule has 0 unspecified atom stereocenters. The van der Waals surface area contributed by atoms with E-state index in [-0.39, 0.29) is 5.56 Å². The van der Waals surface area contributed by atoms with Crippen LogP contribution in [-0.4, -0.2) is 42.4 Å². The van der Waals surface area contributed by atoms with Crippen molar-refractivity contribution in [2.45, 2.75) is 0 Å². The minimum absolute atomic E-state index is 0.00237. The Kier molecular flexibility index (Phi) is 5.25. The predicted molar refractivity (Wildman–Crippen MR) is 105 cm³/mol. The number of rotatable bonds is 4. The van der Waals surface area contributed by atoms with Crippen LogP contribution in [0.1, 0.15) is 10.4 Å². The van der Waals surface area contributed by atoms with Gasteiger partial charge in [0, 0.05) is 24.3 Å². The van der Waals surface area contributed by atoms with Crippen LogP contribution in [0.25, 0.3) is 11.3 Å². The zero-order chi connectivity index (χ0) is 19.3. The Bertz CT molecular complexity index is 972. The number of carbonyl (C=O) groups excluding carboxylic acids is 1. The lowest BCUT2D eigenvalue weighted by Gasteiger charge is -2.27. The molecule has 1 aliphatic rings. The first-order valence-corrected chi connectivity index (χ1v) is 9.03. The summed E-state index contributed by atoms with van der Waals surface area (Å²) in [4.78, 5) is 14.4. The van der Waals surface area contributed by atoms with E-state index >= 15 is 0 Å². The fourth-order valence-corrected chi connectivity index (χ4v) is 3.04. The third-order valence-electron chi connectivity index (χ3n) is 4.52. The van der Waals surface area contributed by atoms with Crippen LogP contribution >= 0.6 is 0 Å². The van der Waals surface area contributed by atoms with Crippen LogP contribution in [0, 0.1) is 5.82 Å². The average Bonchev–Trinajstić information content (AvgIpc) is 2.75. The van der Waals surface area contributed by atoms with Crippen LogP contribution in [0.15, 0.2) is 60.7 Å². The van der Waals surface area contributed by atoms with E-state index in [1.165, 1.54) is 12.1 Å². The second kappa shape index (κ2) is 8.14. The summed E-state index contributed by atoms with van der Waals surface area (Å²) in [6, 6.07) is 16.9. The first-order valence-electron chi connectivity index (χ1n) is 9.03. The van der Waals surface area contributed by atoms with E-state index in [1.807, 2.05) is 24.3 Å². The molecule has 1 aliphatic heterocycles. The van der Waals surface area contributed by atoms with E-state index in [0.29, 0.717) is 24.6 Å². The van der Waals surface area contributed by atoms with Crippen molar-refractivity contribution in [3.8, 4) is 11.3 Å². The van der Waals surface area contributed by atoms with Crippen molar-refractivity contribution < 1.29 is 13.9 Å². The molecule has 28 heavy (non-hydrogen) atoms. The van der Waals surface area contributed by atoms with Crippen molar-refractivity contribution in [3.63, 3.8) is 0 Å². The lowest BCUT2D eigenvalue weighted by molar-refractivity contribution is 0.102. The standard InChI is InChI=1S/C21H19FN4O2/c22-18-7-2-1-6-17(18)21(27)23-16-5-3-4-15(14-16)19-8-9-20(25-24-19)26-10-12-28-13-11-26/h1-9,14H,10-13H2,(H,23,27). The van der Waals surface area contributed by atoms with Crippen molar-refractivity contribution in [1.29, 1.82) is 0 Å². The number of nitrogens with zero attached hydrogens (tertiary/aromatic N) is 3. The van der Waals surface area contributed by atoms with Gasteiger partial charge in [-0.3, -0.25) is 4.79 Å². The molecule has 1 fully saturated rings. The lowest BCUT2D eigenvalue weighted by atomic mass is 10.1. The highest BCUT2D eigenvalue weighted by molar-refractivity contribution is 6.04. The summed E-state index contributed by atoms with van der Waals surface area (Å²) in [5.74, 6) is -0.235. The van der Waals surface area contributed by atoms with Gasteiger partial charge in [-0.05, 0) is 36.4 Å². The van der Waals surface area contributed by atoms with E-state index in [4.69, 9.17) is 4.74 Å². The van der Waals surface area contributed by atoms with Crippen LogP contribution in [0.5, 0.6) is 0 Å². The molecule has 4 rings (SSSR count). The first-order chi connectivity index (χ1) is 13.7. The number of anilines is 2. The van der Waals surface area contributed by atoms with Crippen molar-refractivity contribution in [3.05, 3.63) is 72.0 Å². The highest BCUT2D eigenvalue weighted by Gasteiger charge is 2.14. The number of hydrogen-bond donors (Lipinski definition) is 1. The fraction of sp³-hybridized carbons (Fsp3) is 0.190. The normalized spacial score (nSPS) is 14.0. The highest BCUT2D eigenvalue weighted by atomic mass is 19.1. The molecule has 0 spiro atoms. The molecule has 142 valence electrons. The minimum atomic E-state index is -0.555. The maximum absolute atomic E-state index is 13.8. The van der Waals surface area contributed by atoms with Gasteiger partial charge in [-0.1, -0.05) is 24.3 Å². The Morgan fingerprint density at radius 2 is 1.82 bits per heavy atom. The molecule has 1 amide bonds. The van der Waals surface area contributed by atoms with Gasteiger partial charge in [0.2, 0.25) is 0 Å². The minimum Gasteiger partial charge on any atom is -0.378 e. The van der Waals surface area contributed by atoms with E-state index < -0.39 is 11.7 Å². The summed E-state index contributed by atoms with van der Waals surface area (Å²) >= 11 is 0. The number of hydrogen-bond acceptors (Lipinski definition) is 5. The van der Waals surface area contributed by atoms with Crippen LogP contribution in [0.3, 0.4) is 0 Å². The van der Waals surface area contributed by atoms with Gasteiger partial charge in [0.1, 0.15) is 5.82 Å². The van der Waals surface area contributed by atoms with Gasteiger partial charge in [0.25, 0.3) is 5.91 Å². The predicted octanol–water partition coefficient (Wildman–Crippen LogP) is 3.37. The highest BCUT2D eigenvalue weighted by Crippen LogP contribution is 2.23. The Hall–Kier alpha value is -3.32. The summed E-state index contributed by atoms with van der Waals surface area (Å²) in [6.45, 7) is 2.97. The molecule has 0 aliphatic carbocycles. The molecule has 0 atom stereocenters. The molecule has 0 radical (unpaired) electrons. The largest absolute Gasteiger partial charge is 0.378 e. The maximum atomic E-state index is 13.8. The Morgan fingerprint density at radius 3 is 2.57 bits per heavy atom. The summed E-state index contributed by atoms with van der Waals surface area (Å²) in [6.07, 6.45) is 0. The molecule has 7 heteroatoms. The molecule has 3 aromatic rings. The SMILES string of the molecule is O=C(Nc1cccc(-c2ccc(N3CCOCC3)nn2)c1)c1ccccc1F. The second-order valence-corrected chi connectivity index (χ2v) is 6.39. The molecular formula is C21H19FN4O2. The van der Waals surface area contributed by atoms with Gasteiger partial charge in [0.15, 0.2) is 5.82 Å². The van der Waals surface area contributed by atoms with Gasteiger partial charge >= 0.3 is 0 Å². The van der Waals surface area contributed by atoms with Crippen molar-refractivity contribution in [1.82, 2.24) is 10.2 Å². The number of morpholine rings is 1. The van der Waals surface area contributed by atoms with Crippen molar-refractivity contribution in [2.24, 2.45) is 0 Å². The smallest absolute Gasteiger partial charge is 0.258 e. The quantitative estimate of drug-likeness (QED) is 0.754. The molecule has 1 aromatic heterocycles. The van der Waals surface area contributed by atoms with Gasteiger partial charge in [-0.25, -0.2) is 4.39 Å². The van der Waals surface area contributed by atoms with E-state index in [0.717, 1.165) is 24.5 Å². The van der Waals surface area contributed by atoms with Crippen LogP contribution in [0.2, 0.25) is 0 Å². The Morgan fingerprint density at radius 1 is 1.00 bits per heavy atom. The number of nitrogens with one attached hydrogen (secondary N) is 1. The number of benzene rings is 2. The summed E-state index contributed by atoms with van der Waals surface area (Å²) in [7, 11) is 0. The Labute approximate surface area is 162 Å². The summed E-state index contributed by atoms with van der Waals surface area (Å²) in [5, 5.41) is 11.3. The zero-order valence-electron chi connectivity index (χ0n) is 15.1. The molecule has 2 aromatic carbocycles. The van der Waals surface area contributed by atoms with Crippen LogP contribution in [-0.2, 0) is 4.74 Å². The van der Waals surface area contributed by atoms with Crippen LogP contribution in [0.4, 0.5) is 15.9 Å². The second-order valence-electron chi connectivity index (χ2n) is 6.39. The van der Waals surface area contributed by atoms with E-state index in [9.17, 15) is 9.18 Å². The fourth-order valence-electron chi connectivity index (χ4n) is 3.04. The van der Waals surface area contributed by atoms with Crippen molar-refractivity contribution in [2.75, 3.05) is 36.5 Å². The number of ether oxygens (including phenoxy) is 1. The molecule has 1 N–H and O–H groups in total. The van der Waals surface area contributed by atoms with Gasteiger partial charge < -0.3 is 15.0 Å². The molecule has 0 saturated carbocycles. The molecule has 0 bridgehead atoms. The molecule has 1 saturated heterocycles. The van der Waals surface area contributed by atoms with Gasteiger partial charge in [-0.2, -0.15) is 0 Å². The lowest BCUT2D eigenvalue weighted by Crippen LogP contribution is -2.36.